The molecule has 4 aliphatic rings. The van der Waals surface area contributed by atoms with Gasteiger partial charge in [-0.3, -0.25) is 0 Å². The average Bonchev–Trinajstić information content (AvgIpc) is 2.33. The van der Waals surface area contributed by atoms with E-state index in [0.717, 1.165) is 17.8 Å². The number of halogens is 1. The minimum atomic E-state index is 0.547. The fourth-order valence-corrected chi connectivity index (χ4v) is 5.95. The molecule has 0 N–H and O–H groups in total. The lowest BCUT2D eigenvalue weighted by atomic mass is 9.48. The summed E-state index contributed by atoms with van der Waals surface area (Å²) in [5.74, 6) is 3.11. The normalized spacial score (nSPS) is 39.8. The van der Waals surface area contributed by atoms with E-state index in [1.54, 1.807) is 5.56 Å². The first-order valence-corrected chi connectivity index (χ1v) is 8.62. The molecule has 0 atom stereocenters. The van der Waals surface area contributed by atoms with Crippen molar-refractivity contribution in [2.75, 3.05) is 0 Å². The van der Waals surface area contributed by atoms with Crippen LogP contribution in [0.1, 0.15) is 55.2 Å². The first kappa shape index (κ1) is 12.4. The number of aryl methyl sites for hydroxylation is 2. The predicted molar refractivity (Wildman–Crippen MR) is 83.5 cm³/mol. The van der Waals surface area contributed by atoms with E-state index in [0.29, 0.717) is 5.41 Å². The predicted octanol–water partition coefficient (Wildman–Crippen LogP) is 5.53. The lowest BCUT2D eigenvalue weighted by Gasteiger charge is -2.57. The molecule has 4 fully saturated rings. The van der Waals surface area contributed by atoms with Gasteiger partial charge in [-0.25, -0.2) is 0 Å². The zero-order valence-electron chi connectivity index (χ0n) is 12.0. The van der Waals surface area contributed by atoms with E-state index in [-0.39, 0.29) is 0 Å². The summed E-state index contributed by atoms with van der Waals surface area (Å²) < 4.78 is 1.31. The lowest BCUT2D eigenvalue weighted by molar-refractivity contribution is -0.00524. The average molecular weight is 319 g/mol. The zero-order valence-corrected chi connectivity index (χ0v) is 13.6. The molecular formula is C18H23Br. The molecule has 1 aromatic rings. The second kappa shape index (κ2) is 4.10. The summed E-state index contributed by atoms with van der Waals surface area (Å²) in [6.07, 6.45) is 9.02. The molecule has 0 aliphatic heterocycles. The summed E-state index contributed by atoms with van der Waals surface area (Å²) in [7, 11) is 0. The number of hydrogen-bond donors (Lipinski definition) is 0. The van der Waals surface area contributed by atoms with Crippen LogP contribution in [-0.4, -0.2) is 0 Å². The Morgan fingerprint density at radius 2 is 1.32 bits per heavy atom. The highest BCUT2D eigenvalue weighted by atomic mass is 79.9. The van der Waals surface area contributed by atoms with Gasteiger partial charge in [0.05, 0.1) is 0 Å². The molecule has 0 radical (unpaired) electrons. The summed E-state index contributed by atoms with van der Waals surface area (Å²) >= 11 is 3.72. The van der Waals surface area contributed by atoms with Crippen molar-refractivity contribution in [3.8, 4) is 0 Å². The van der Waals surface area contributed by atoms with Gasteiger partial charge in [-0.1, -0.05) is 28.1 Å². The van der Waals surface area contributed by atoms with E-state index in [1.165, 1.54) is 54.1 Å². The van der Waals surface area contributed by atoms with Crippen molar-refractivity contribution in [1.82, 2.24) is 0 Å². The van der Waals surface area contributed by atoms with E-state index in [4.69, 9.17) is 0 Å². The van der Waals surface area contributed by atoms with Crippen LogP contribution in [0.25, 0.3) is 0 Å². The van der Waals surface area contributed by atoms with Gasteiger partial charge in [-0.05, 0) is 92.2 Å². The van der Waals surface area contributed by atoms with Gasteiger partial charge in [0.25, 0.3) is 0 Å². The fourth-order valence-electron chi connectivity index (χ4n) is 5.72. The second-order valence-electron chi connectivity index (χ2n) is 7.62. The van der Waals surface area contributed by atoms with E-state index < -0.39 is 0 Å². The smallest absolute Gasteiger partial charge is 0.0233 e. The Kier molecular flexibility index (Phi) is 2.68. The van der Waals surface area contributed by atoms with Gasteiger partial charge in [-0.2, -0.15) is 0 Å². The molecule has 0 heterocycles. The second-order valence-corrected chi connectivity index (χ2v) is 8.41. The molecule has 0 nitrogen and oxygen atoms in total. The third kappa shape index (κ3) is 1.84. The monoisotopic (exact) mass is 318 g/mol. The fraction of sp³-hybridized carbons (Fsp3) is 0.667. The SMILES string of the molecule is Cc1cc(C23CC4CC(CC(C4)C2)C3)cc(C)c1Br. The van der Waals surface area contributed by atoms with Crippen LogP contribution in [0, 0.1) is 31.6 Å². The van der Waals surface area contributed by atoms with E-state index >= 15 is 0 Å². The Morgan fingerprint density at radius 1 is 0.895 bits per heavy atom. The van der Waals surface area contributed by atoms with Crippen molar-refractivity contribution in [3.63, 3.8) is 0 Å². The highest BCUT2D eigenvalue weighted by Crippen LogP contribution is 2.60. The largest absolute Gasteiger partial charge is 0.0544 e. The van der Waals surface area contributed by atoms with Crippen molar-refractivity contribution in [2.45, 2.75) is 57.8 Å². The minimum Gasteiger partial charge on any atom is -0.0544 e. The van der Waals surface area contributed by atoms with Crippen LogP contribution in [-0.2, 0) is 5.41 Å². The lowest BCUT2D eigenvalue weighted by Crippen LogP contribution is -2.48. The van der Waals surface area contributed by atoms with Crippen LogP contribution in [0.2, 0.25) is 0 Å². The Bertz CT molecular complexity index is 470. The first-order valence-electron chi connectivity index (χ1n) is 7.83. The van der Waals surface area contributed by atoms with Crippen LogP contribution in [0.5, 0.6) is 0 Å². The number of rotatable bonds is 1. The number of hydrogen-bond acceptors (Lipinski definition) is 0. The van der Waals surface area contributed by atoms with Crippen molar-refractivity contribution in [1.29, 1.82) is 0 Å². The minimum absolute atomic E-state index is 0.547. The van der Waals surface area contributed by atoms with Crippen LogP contribution >= 0.6 is 15.9 Å². The third-order valence-corrected chi connectivity index (χ3v) is 7.34. The molecule has 102 valence electrons. The molecule has 4 aliphatic carbocycles. The molecule has 4 saturated carbocycles. The molecule has 1 heteroatoms. The molecular weight excluding hydrogens is 296 g/mol. The Labute approximate surface area is 125 Å². The molecule has 5 rings (SSSR count). The molecule has 0 aromatic heterocycles. The van der Waals surface area contributed by atoms with Crippen LogP contribution < -0.4 is 0 Å². The standard InChI is InChI=1S/C18H23Br/c1-11-3-16(4-12(2)17(11)19)18-8-13-5-14(9-18)7-15(6-13)10-18/h3-4,13-15H,5-10H2,1-2H3. The van der Waals surface area contributed by atoms with Gasteiger partial charge in [0, 0.05) is 4.47 Å². The Morgan fingerprint density at radius 3 is 1.74 bits per heavy atom. The van der Waals surface area contributed by atoms with Gasteiger partial charge in [0.2, 0.25) is 0 Å². The molecule has 0 unspecified atom stereocenters. The van der Waals surface area contributed by atoms with Crippen molar-refractivity contribution < 1.29 is 0 Å². The van der Waals surface area contributed by atoms with E-state index in [9.17, 15) is 0 Å². The molecule has 0 amide bonds. The summed E-state index contributed by atoms with van der Waals surface area (Å²) in [5, 5.41) is 0. The van der Waals surface area contributed by atoms with Gasteiger partial charge >= 0.3 is 0 Å². The maximum Gasteiger partial charge on any atom is 0.0233 e. The summed E-state index contributed by atoms with van der Waals surface area (Å²) in [6, 6.07) is 4.95. The van der Waals surface area contributed by atoms with Gasteiger partial charge in [-0.15, -0.1) is 0 Å². The summed E-state index contributed by atoms with van der Waals surface area (Å²) in [4.78, 5) is 0. The Balaban J connectivity index is 1.79. The number of benzene rings is 1. The topological polar surface area (TPSA) is 0 Å². The molecule has 1 aromatic carbocycles. The highest BCUT2D eigenvalue weighted by molar-refractivity contribution is 9.10. The molecule has 4 bridgehead atoms. The first-order chi connectivity index (χ1) is 9.06. The summed E-state index contributed by atoms with van der Waals surface area (Å²) in [6.45, 7) is 4.50. The zero-order chi connectivity index (χ0) is 13.2. The quantitative estimate of drug-likeness (QED) is 0.638. The van der Waals surface area contributed by atoms with Crippen LogP contribution in [0.4, 0.5) is 0 Å². The Hall–Kier alpha value is -0.300. The third-order valence-electron chi connectivity index (χ3n) is 6.09. The molecule has 19 heavy (non-hydrogen) atoms. The van der Waals surface area contributed by atoms with Crippen molar-refractivity contribution in [2.24, 2.45) is 17.8 Å². The maximum atomic E-state index is 3.72. The molecule has 0 saturated heterocycles. The van der Waals surface area contributed by atoms with Crippen LogP contribution in [0.3, 0.4) is 0 Å². The van der Waals surface area contributed by atoms with Gasteiger partial charge in [0.15, 0.2) is 0 Å². The summed E-state index contributed by atoms with van der Waals surface area (Å²) in [5.41, 5.74) is 5.05. The van der Waals surface area contributed by atoms with Crippen molar-refractivity contribution >= 4 is 15.9 Å². The maximum absolute atomic E-state index is 3.72. The highest BCUT2D eigenvalue weighted by Gasteiger charge is 2.51. The van der Waals surface area contributed by atoms with Crippen LogP contribution in [0.15, 0.2) is 16.6 Å². The van der Waals surface area contributed by atoms with Crippen molar-refractivity contribution in [3.05, 3.63) is 33.3 Å². The van der Waals surface area contributed by atoms with E-state index in [1.807, 2.05) is 0 Å². The van der Waals surface area contributed by atoms with Gasteiger partial charge in [0.1, 0.15) is 0 Å². The van der Waals surface area contributed by atoms with E-state index in [2.05, 4.69) is 41.9 Å². The van der Waals surface area contributed by atoms with Gasteiger partial charge < -0.3 is 0 Å². The molecule has 0 spiro atoms.